The lowest BCUT2D eigenvalue weighted by molar-refractivity contribution is 0.0926. The first-order valence-electron chi connectivity index (χ1n) is 10.4. The molecule has 0 aliphatic carbocycles. The Morgan fingerprint density at radius 3 is 2.74 bits per heavy atom. The maximum absolute atomic E-state index is 13.1. The van der Waals surface area contributed by atoms with E-state index in [9.17, 15) is 14.3 Å². The lowest BCUT2D eigenvalue weighted by Crippen LogP contribution is -2.38. The summed E-state index contributed by atoms with van der Waals surface area (Å²) in [6, 6.07) is 6.97. The molecule has 1 atom stereocenters. The first kappa shape index (κ1) is 24.9. The molecule has 2 heterocycles. The van der Waals surface area contributed by atoms with Gasteiger partial charge < -0.3 is 20.3 Å². The molecule has 176 valence electrons. The van der Waals surface area contributed by atoms with Gasteiger partial charge in [0.15, 0.2) is 0 Å². The van der Waals surface area contributed by atoms with Crippen LogP contribution in [0.3, 0.4) is 0 Å². The van der Waals surface area contributed by atoms with Gasteiger partial charge in [0.1, 0.15) is 11.6 Å². The monoisotopic (exact) mass is 481 g/mol. The molecule has 1 amide bonds. The lowest BCUT2D eigenvalue weighted by atomic mass is 10.1. The highest BCUT2D eigenvalue weighted by Gasteiger charge is 2.16. The molecule has 0 fully saturated rings. The van der Waals surface area contributed by atoms with E-state index >= 15 is 0 Å². The van der Waals surface area contributed by atoms with E-state index in [0.717, 1.165) is 11.1 Å². The molecule has 1 aromatic carbocycles. The highest BCUT2D eigenvalue weighted by molar-refractivity contribution is 6.30. The van der Waals surface area contributed by atoms with Gasteiger partial charge in [0, 0.05) is 34.9 Å². The van der Waals surface area contributed by atoms with Crippen LogP contribution in [0.4, 0.5) is 16.0 Å². The summed E-state index contributed by atoms with van der Waals surface area (Å²) in [6.07, 6.45) is 10.1. The van der Waals surface area contributed by atoms with Crippen LogP contribution in [-0.4, -0.2) is 38.2 Å². The van der Waals surface area contributed by atoms with Gasteiger partial charge in [-0.2, -0.15) is 4.98 Å². The number of nitrogens with one attached hydrogen (secondary N) is 2. The fourth-order valence-electron chi connectivity index (χ4n) is 3.05. The van der Waals surface area contributed by atoms with Gasteiger partial charge in [-0.15, -0.1) is 0 Å². The second-order valence-electron chi connectivity index (χ2n) is 7.56. The van der Waals surface area contributed by atoms with Crippen molar-refractivity contribution >= 4 is 29.1 Å². The number of rotatable bonds is 9. The summed E-state index contributed by atoms with van der Waals surface area (Å²) in [5.41, 5.74) is 2.61. The van der Waals surface area contributed by atoms with Crippen LogP contribution in [0.5, 0.6) is 0 Å². The first-order valence-corrected chi connectivity index (χ1v) is 10.8. The lowest BCUT2D eigenvalue weighted by Gasteiger charge is -2.16. The molecule has 0 aliphatic rings. The third-order valence-electron chi connectivity index (χ3n) is 4.92. The Hall–Kier alpha value is -3.75. The number of aryl methyl sites for hydroxylation is 1. The Labute approximate surface area is 202 Å². The summed E-state index contributed by atoms with van der Waals surface area (Å²) < 4.78 is 14.9. The van der Waals surface area contributed by atoms with Gasteiger partial charge in [0.05, 0.1) is 18.2 Å². The molecular formula is C25H25ClFN5O2. The maximum Gasteiger partial charge on any atom is 0.253 e. The number of nitrogens with zero attached hydrogens (tertiary/aromatic N) is 3. The quantitative estimate of drug-likeness (QED) is 0.382. The summed E-state index contributed by atoms with van der Waals surface area (Å²) in [4.78, 5) is 21.6. The number of aliphatic hydroxyl groups excluding tert-OH is 1. The molecule has 0 aliphatic heterocycles. The minimum absolute atomic E-state index is 0.256. The molecule has 0 spiro atoms. The summed E-state index contributed by atoms with van der Waals surface area (Å²) in [5.74, 6) is 0.245. The van der Waals surface area contributed by atoms with Crippen LogP contribution in [-0.2, 0) is 0 Å². The van der Waals surface area contributed by atoms with E-state index in [0.29, 0.717) is 28.0 Å². The first-order chi connectivity index (χ1) is 16.3. The minimum Gasteiger partial charge on any atom is -0.394 e. The van der Waals surface area contributed by atoms with Crippen molar-refractivity contribution < 1.29 is 14.3 Å². The van der Waals surface area contributed by atoms with Crippen molar-refractivity contribution in [3.8, 4) is 5.82 Å². The Kier molecular flexibility index (Phi) is 8.34. The van der Waals surface area contributed by atoms with Gasteiger partial charge in [-0.25, -0.2) is 9.37 Å². The van der Waals surface area contributed by atoms with Crippen LogP contribution in [0.2, 0.25) is 0 Å². The van der Waals surface area contributed by atoms with Crippen molar-refractivity contribution in [2.75, 3.05) is 11.9 Å². The molecule has 0 saturated heterocycles. The number of allylic oxidation sites excluding steroid dienone is 4. The zero-order valence-electron chi connectivity index (χ0n) is 18.8. The molecule has 0 radical (unpaired) electrons. The number of amides is 1. The van der Waals surface area contributed by atoms with Gasteiger partial charge in [-0.05, 0) is 55.8 Å². The molecule has 3 rings (SSSR count). The van der Waals surface area contributed by atoms with E-state index in [-0.39, 0.29) is 18.3 Å². The van der Waals surface area contributed by atoms with Crippen LogP contribution in [0.1, 0.15) is 22.8 Å². The van der Waals surface area contributed by atoms with Gasteiger partial charge in [0.25, 0.3) is 5.91 Å². The van der Waals surface area contributed by atoms with E-state index < -0.39 is 6.04 Å². The number of hydrogen-bond donors (Lipinski definition) is 3. The number of aromatic nitrogens is 3. The molecule has 0 bridgehead atoms. The van der Waals surface area contributed by atoms with Crippen molar-refractivity contribution in [2.24, 2.45) is 0 Å². The van der Waals surface area contributed by atoms with Crippen LogP contribution in [0.15, 0.2) is 84.3 Å². The summed E-state index contributed by atoms with van der Waals surface area (Å²) >= 11 is 5.70. The Morgan fingerprint density at radius 2 is 2.06 bits per heavy atom. The molecular weight excluding hydrogens is 457 g/mol. The third-order valence-corrected chi connectivity index (χ3v) is 5.04. The predicted octanol–water partition coefficient (Wildman–Crippen LogP) is 4.80. The van der Waals surface area contributed by atoms with E-state index in [1.54, 1.807) is 66.5 Å². The smallest absolute Gasteiger partial charge is 0.253 e. The number of aliphatic hydroxyl groups is 1. The highest BCUT2D eigenvalue weighted by atomic mass is 35.5. The second kappa shape index (κ2) is 11.4. The standard InChI is InChI=1S/C25H25ClFN5O2/c1-16(5-4-6-18(3)26)22(15-33)30-24(34)19-11-12-32(14-19)23-17(2)13-28-25(31-23)29-21-9-7-20(27)8-10-21/h4-14,22,33H,3,15H2,1-2H3,(H,30,34)(H,28,29,31)/b6-4-,16-5+. The molecule has 7 nitrogen and oxygen atoms in total. The van der Waals surface area contributed by atoms with Crippen LogP contribution < -0.4 is 10.6 Å². The maximum atomic E-state index is 13.1. The van der Waals surface area contributed by atoms with Crippen LogP contribution in [0.25, 0.3) is 5.82 Å². The van der Waals surface area contributed by atoms with Crippen molar-refractivity contribution in [2.45, 2.75) is 19.9 Å². The fourth-order valence-corrected chi connectivity index (χ4v) is 3.12. The van der Waals surface area contributed by atoms with Crippen molar-refractivity contribution in [3.63, 3.8) is 0 Å². The number of anilines is 2. The van der Waals surface area contributed by atoms with E-state index in [4.69, 9.17) is 11.6 Å². The zero-order chi connectivity index (χ0) is 24.7. The summed E-state index contributed by atoms with van der Waals surface area (Å²) in [5, 5.41) is 15.9. The normalized spacial score (nSPS) is 12.6. The van der Waals surface area contributed by atoms with Gasteiger partial charge in [-0.1, -0.05) is 30.3 Å². The summed E-state index contributed by atoms with van der Waals surface area (Å²) in [6.45, 7) is 6.97. The average Bonchev–Trinajstić information content (AvgIpc) is 3.30. The van der Waals surface area contributed by atoms with Gasteiger partial charge in [-0.3, -0.25) is 4.79 Å². The fraction of sp³-hybridized carbons (Fsp3) is 0.160. The molecule has 9 heteroatoms. The topological polar surface area (TPSA) is 92.1 Å². The molecule has 0 saturated carbocycles. The van der Waals surface area contributed by atoms with Crippen LogP contribution >= 0.6 is 11.6 Å². The molecule has 1 unspecified atom stereocenters. The predicted molar refractivity (Wildman–Crippen MR) is 132 cm³/mol. The van der Waals surface area contributed by atoms with Crippen LogP contribution in [0, 0.1) is 12.7 Å². The zero-order valence-corrected chi connectivity index (χ0v) is 19.6. The number of halogens is 2. The number of hydrogen-bond acceptors (Lipinski definition) is 5. The Morgan fingerprint density at radius 1 is 1.32 bits per heavy atom. The summed E-state index contributed by atoms with van der Waals surface area (Å²) in [7, 11) is 0. The molecule has 3 N–H and O–H groups in total. The van der Waals surface area contributed by atoms with Gasteiger partial charge >= 0.3 is 0 Å². The molecule has 2 aromatic heterocycles. The largest absolute Gasteiger partial charge is 0.394 e. The van der Waals surface area contributed by atoms with Crippen molar-refractivity contribution in [3.05, 3.63) is 101 Å². The van der Waals surface area contributed by atoms with Gasteiger partial charge in [0.2, 0.25) is 5.95 Å². The Bertz CT molecular complexity index is 1230. The minimum atomic E-state index is -0.559. The van der Waals surface area contributed by atoms with E-state index in [2.05, 4.69) is 27.2 Å². The Balaban J connectivity index is 1.75. The number of carbonyl (C=O) groups excluding carboxylic acids is 1. The third kappa shape index (κ3) is 6.63. The van der Waals surface area contributed by atoms with Crippen molar-refractivity contribution in [1.29, 1.82) is 0 Å². The molecule has 34 heavy (non-hydrogen) atoms. The number of benzene rings is 1. The van der Waals surface area contributed by atoms with E-state index in [1.807, 2.05) is 6.92 Å². The highest BCUT2D eigenvalue weighted by Crippen LogP contribution is 2.18. The average molecular weight is 482 g/mol. The van der Waals surface area contributed by atoms with Crippen molar-refractivity contribution in [1.82, 2.24) is 19.9 Å². The second-order valence-corrected chi connectivity index (χ2v) is 8.05. The van der Waals surface area contributed by atoms with E-state index in [1.165, 1.54) is 12.1 Å². The molecule has 3 aromatic rings. The SMILES string of the molecule is C=C(Cl)/C=C\C=C(/C)C(CO)NC(=O)c1ccn(-c2nc(Nc3ccc(F)cc3)ncc2C)c1. The number of carbonyl (C=O) groups is 1.